The topological polar surface area (TPSA) is 31.0 Å². The second-order valence-electron chi connectivity index (χ2n) is 4.47. The summed E-state index contributed by atoms with van der Waals surface area (Å²) < 4.78 is 16.1. The van der Waals surface area contributed by atoms with E-state index in [0.717, 1.165) is 30.8 Å². The van der Waals surface area contributed by atoms with Crippen LogP contribution in [0.3, 0.4) is 0 Å². The van der Waals surface area contributed by atoms with Crippen molar-refractivity contribution in [2.24, 2.45) is 0 Å². The maximum Gasteiger partial charge on any atom is 0.118 e. The van der Waals surface area contributed by atoms with E-state index < -0.39 is 0 Å². The van der Waals surface area contributed by atoms with Crippen molar-refractivity contribution in [1.29, 1.82) is 0 Å². The van der Waals surface area contributed by atoms with Crippen LogP contribution in [0.4, 0.5) is 0 Å². The average Bonchev–Trinajstić information content (AvgIpc) is 3.24. The normalized spacial score (nSPS) is 19.3. The number of hydrogen-bond donors (Lipinski definition) is 0. The number of ether oxygens (including phenoxy) is 3. The predicted molar refractivity (Wildman–Crippen MR) is 70.7 cm³/mol. The van der Waals surface area contributed by atoms with E-state index in [2.05, 4.69) is 6.58 Å². The molecule has 1 aliphatic rings. The maximum absolute atomic E-state index is 5.81. The van der Waals surface area contributed by atoms with Gasteiger partial charge >= 0.3 is 0 Å². The third-order valence-corrected chi connectivity index (χ3v) is 3.06. The van der Waals surface area contributed by atoms with Crippen molar-refractivity contribution in [2.45, 2.75) is 31.7 Å². The van der Waals surface area contributed by atoms with Crippen LogP contribution in [0.1, 0.15) is 18.4 Å². The zero-order chi connectivity index (χ0) is 12.8. The maximum atomic E-state index is 5.81. The molecule has 18 heavy (non-hydrogen) atoms. The van der Waals surface area contributed by atoms with Crippen LogP contribution in [0.15, 0.2) is 36.9 Å². The van der Waals surface area contributed by atoms with Crippen LogP contribution in [0.5, 0.6) is 5.75 Å². The van der Waals surface area contributed by atoms with Crippen LogP contribution in [-0.2, 0) is 16.1 Å². The summed E-state index contributed by atoms with van der Waals surface area (Å²) in [6, 6.07) is 7.92. The van der Waals surface area contributed by atoms with Crippen molar-refractivity contribution < 1.29 is 14.2 Å². The molecule has 1 aliphatic heterocycles. The second kappa shape index (κ2) is 6.57. The molecule has 0 radical (unpaired) electrons. The lowest BCUT2D eigenvalue weighted by molar-refractivity contribution is 0.0639. The predicted octanol–water partition coefficient (Wildman–Crippen LogP) is 2.95. The Kier molecular flexibility index (Phi) is 4.79. The van der Waals surface area contributed by atoms with Gasteiger partial charge in [0.05, 0.1) is 32.5 Å². The lowest BCUT2D eigenvalue weighted by atomic mass is 10.1. The molecule has 3 nitrogen and oxygen atoms in total. The molecule has 0 spiro atoms. The first-order chi connectivity index (χ1) is 8.81. The van der Waals surface area contributed by atoms with Crippen LogP contribution in [0.25, 0.3) is 0 Å². The van der Waals surface area contributed by atoms with Gasteiger partial charge in [-0.15, -0.1) is 6.58 Å². The van der Waals surface area contributed by atoms with E-state index in [0.29, 0.717) is 12.7 Å². The summed E-state index contributed by atoms with van der Waals surface area (Å²) in [7, 11) is 1.67. The smallest absolute Gasteiger partial charge is 0.118 e. The molecule has 0 aliphatic carbocycles. The van der Waals surface area contributed by atoms with Gasteiger partial charge in [0.2, 0.25) is 0 Å². The van der Waals surface area contributed by atoms with Crippen LogP contribution in [0, 0.1) is 0 Å². The standard InChI is InChI=1S/C15H20O3/c1-3-13(8-9-15-11-18-15)17-10-12-4-6-14(16-2)7-5-12/h3-7,13,15H,1,8-11H2,2H3/t13-,15-/m0/s1. The molecule has 1 heterocycles. The Morgan fingerprint density at radius 3 is 2.72 bits per heavy atom. The molecule has 2 rings (SSSR count). The van der Waals surface area contributed by atoms with E-state index in [-0.39, 0.29) is 6.10 Å². The Balaban J connectivity index is 1.74. The van der Waals surface area contributed by atoms with E-state index >= 15 is 0 Å². The van der Waals surface area contributed by atoms with Crippen LogP contribution in [-0.4, -0.2) is 25.9 Å². The molecular formula is C15H20O3. The third-order valence-electron chi connectivity index (χ3n) is 3.06. The first kappa shape index (κ1) is 13.1. The van der Waals surface area contributed by atoms with Crippen molar-refractivity contribution in [3.8, 4) is 5.75 Å². The number of hydrogen-bond acceptors (Lipinski definition) is 3. The number of benzene rings is 1. The summed E-state index contributed by atoms with van der Waals surface area (Å²) in [4.78, 5) is 0. The fraction of sp³-hybridized carbons (Fsp3) is 0.467. The molecule has 0 bridgehead atoms. The molecule has 2 atom stereocenters. The fourth-order valence-electron chi connectivity index (χ4n) is 1.78. The first-order valence-corrected chi connectivity index (χ1v) is 6.30. The highest BCUT2D eigenvalue weighted by molar-refractivity contribution is 5.26. The van der Waals surface area contributed by atoms with Crippen molar-refractivity contribution >= 4 is 0 Å². The molecule has 0 amide bonds. The van der Waals surface area contributed by atoms with Gasteiger partial charge < -0.3 is 14.2 Å². The molecule has 0 N–H and O–H groups in total. The summed E-state index contributed by atoms with van der Waals surface area (Å²) in [6.45, 7) is 5.32. The van der Waals surface area contributed by atoms with Gasteiger partial charge in [-0.25, -0.2) is 0 Å². The van der Waals surface area contributed by atoms with Crippen LogP contribution >= 0.6 is 0 Å². The Morgan fingerprint density at radius 1 is 1.44 bits per heavy atom. The molecule has 1 aromatic rings. The Morgan fingerprint density at radius 2 is 2.17 bits per heavy atom. The monoisotopic (exact) mass is 248 g/mol. The number of methoxy groups -OCH3 is 1. The van der Waals surface area contributed by atoms with Gasteiger partial charge in [-0.1, -0.05) is 18.2 Å². The minimum atomic E-state index is 0.108. The average molecular weight is 248 g/mol. The minimum absolute atomic E-state index is 0.108. The van der Waals surface area contributed by atoms with Crippen LogP contribution < -0.4 is 4.74 Å². The first-order valence-electron chi connectivity index (χ1n) is 6.30. The molecule has 0 aromatic heterocycles. The van der Waals surface area contributed by atoms with Gasteiger partial charge in [0.1, 0.15) is 5.75 Å². The van der Waals surface area contributed by atoms with E-state index in [1.807, 2.05) is 30.3 Å². The van der Waals surface area contributed by atoms with Gasteiger partial charge in [0, 0.05) is 0 Å². The van der Waals surface area contributed by atoms with Gasteiger partial charge in [-0.2, -0.15) is 0 Å². The number of epoxide rings is 1. The highest BCUT2D eigenvalue weighted by Gasteiger charge is 2.23. The summed E-state index contributed by atoms with van der Waals surface area (Å²) in [5, 5.41) is 0. The van der Waals surface area contributed by atoms with E-state index in [9.17, 15) is 0 Å². The van der Waals surface area contributed by atoms with E-state index in [1.54, 1.807) is 7.11 Å². The Hall–Kier alpha value is -1.32. The lowest BCUT2D eigenvalue weighted by Crippen LogP contribution is -2.10. The molecular weight excluding hydrogens is 228 g/mol. The molecule has 98 valence electrons. The fourth-order valence-corrected chi connectivity index (χ4v) is 1.78. The third kappa shape index (κ3) is 4.17. The van der Waals surface area contributed by atoms with Gasteiger partial charge in [-0.05, 0) is 30.5 Å². The van der Waals surface area contributed by atoms with Gasteiger partial charge in [-0.3, -0.25) is 0 Å². The van der Waals surface area contributed by atoms with Crippen molar-refractivity contribution in [3.63, 3.8) is 0 Å². The summed E-state index contributed by atoms with van der Waals surface area (Å²) >= 11 is 0. The minimum Gasteiger partial charge on any atom is -0.497 e. The lowest BCUT2D eigenvalue weighted by Gasteiger charge is -2.13. The van der Waals surface area contributed by atoms with Gasteiger partial charge in [0.15, 0.2) is 0 Å². The highest BCUT2D eigenvalue weighted by atomic mass is 16.6. The zero-order valence-corrected chi connectivity index (χ0v) is 10.8. The summed E-state index contributed by atoms with van der Waals surface area (Å²) in [5.41, 5.74) is 1.14. The number of rotatable bonds is 8. The van der Waals surface area contributed by atoms with E-state index in [4.69, 9.17) is 14.2 Å². The molecule has 1 fully saturated rings. The van der Waals surface area contributed by atoms with Crippen LogP contribution in [0.2, 0.25) is 0 Å². The summed E-state index contributed by atoms with van der Waals surface area (Å²) in [5.74, 6) is 0.866. The highest BCUT2D eigenvalue weighted by Crippen LogP contribution is 2.19. The molecule has 0 unspecified atom stereocenters. The molecule has 0 saturated carbocycles. The SMILES string of the molecule is C=C[C@@H](CC[C@H]1CO1)OCc1ccc(OC)cc1. The van der Waals surface area contributed by atoms with Crippen molar-refractivity contribution in [2.75, 3.05) is 13.7 Å². The van der Waals surface area contributed by atoms with Crippen molar-refractivity contribution in [1.82, 2.24) is 0 Å². The Labute approximate surface area is 108 Å². The molecule has 1 saturated heterocycles. The zero-order valence-electron chi connectivity index (χ0n) is 10.8. The van der Waals surface area contributed by atoms with E-state index in [1.165, 1.54) is 0 Å². The summed E-state index contributed by atoms with van der Waals surface area (Å²) in [6.07, 6.45) is 4.46. The Bertz CT molecular complexity index is 368. The molecule has 1 aromatic carbocycles. The second-order valence-corrected chi connectivity index (χ2v) is 4.47. The largest absolute Gasteiger partial charge is 0.497 e. The quantitative estimate of drug-likeness (QED) is 0.523. The molecule has 3 heteroatoms. The van der Waals surface area contributed by atoms with Crippen molar-refractivity contribution in [3.05, 3.63) is 42.5 Å². The van der Waals surface area contributed by atoms with Gasteiger partial charge in [0.25, 0.3) is 0 Å².